The van der Waals surface area contributed by atoms with E-state index < -0.39 is 0 Å². The van der Waals surface area contributed by atoms with Crippen LogP contribution in [0.3, 0.4) is 0 Å². The fourth-order valence-electron chi connectivity index (χ4n) is 1.80. The average Bonchev–Trinajstić information content (AvgIpc) is 2.58. The van der Waals surface area contributed by atoms with Crippen molar-refractivity contribution < 1.29 is 0 Å². The molecule has 0 aliphatic heterocycles. The number of nitrogens with zero attached hydrogens (tertiary/aromatic N) is 2. The van der Waals surface area contributed by atoms with Crippen LogP contribution in [0.25, 0.3) is 6.08 Å². The Morgan fingerprint density at radius 2 is 2.09 bits per heavy atom. The summed E-state index contributed by atoms with van der Waals surface area (Å²) in [5.74, 6) is 1.77. The van der Waals surface area contributed by atoms with E-state index in [1.165, 1.54) is 0 Å². The minimum absolute atomic E-state index is 0.874. The average molecular weight is 309 g/mol. The third kappa shape index (κ3) is 4.90. The summed E-state index contributed by atoms with van der Waals surface area (Å²) >= 11 is 1.75. The van der Waals surface area contributed by atoms with Gasteiger partial charge in [-0.3, -0.25) is 4.99 Å². The monoisotopic (exact) mass is 309 g/mol. The van der Waals surface area contributed by atoms with E-state index in [1.54, 1.807) is 11.8 Å². The largest absolute Gasteiger partial charge is 0.373 e. The number of benzene rings is 1. The van der Waals surface area contributed by atoms with Crippen LogP contribution < -0.4 is 5.32 Å². The van der Waals surface area contributed by atoms with Crippen LogP contribution in [0, 0.1) is 0 Å². The van der Waals surface area contributed by atoms with Crippen LogP contribution in [-0.4, -0.2) is 24.5 Å². The van der Waals surface area contributed by atoms with Gasteiger partial charge in [0.2, 0.25) is 0 Å². The summed E-state index contributed by atoms with van der Waals surface area (Å²) in [6, 6.07) is 12.0. The van der Waals surface area contributed by atoms with E-state index in [0.717, 1.165) is 27.7 Å². The van der Waals surface area contributed by atoms with Gasteiger partial charge in [-0.25, -0.2) is 4.98 Å². The number of hydrogen-bond donors (Lipinski definition) is 1. The van der Waals surface area contributed by atoms with Gasteiger partial charge in [0.05, 0.1) is 5.69 Å². The van der Waals surface area contributed by atoms with Crippen molar-refractivity contribution in [2.75, 3.05) is 18.1 Å². The van der Waals surface area contributed by atoms with Crippen molar-refractivity contribution in [3.05, 3.63) is 66.4 Å². The fraction of sp³-hybridized carbons (Fsp3) is 0.111. The molecule has 112 valence electrons. The van der Waals surface area contributed by atoms with Crippen molar-refractivity contribution >= 4 is 36.1 Å². The number of allylic oxidation sites excluding steroid dienone is 2. The lowest BCUT2D eigenvalue weighted by Gasteiger charge is -2.01. The molecule has 0 radical (unpaired) electrons. The minimum Gasteiger partial charge on any atom is -0.373 e. The number of para-hydroxylation sites is 1. The van der Waals surface area contributed by atoms with Crippen LogP contribution in [0.5, 0.6) is 0 Å². The van der Waals surface area contributed by atoms with Crippen molar-refractivity contribution in [3.8, 4) is 0 Å². The van der Waals surface area contributed by atoms with Gasteiger partial charge >= 0.3 is 0 Å². The summed E-state index contributed by atoms with van der Waals surface area (Å²) in [4.78, 5) is 9.43. The first-order chi connectivity index (χ1) is 10.8. The molecule has 0 aliphatic rings. The Morgan fingerprint density at radius 1 is 1.23 bits per heavy atom. The number of thioether (sulfide) groups is 1. The van der Waals surface area contributed by atoms with Gasteiger partial charge in [-0.2, -0.15) is 0 Å². The van der Waals surface area contributed by atoms with E-state index in [9.17, 15) is 0 Å². The lowest BCUT2D eigenvalue weighted by Crippen LogP contribution is -1.90. The number of hydrogen-bond acceptors (Lipinski definition) is 4. The zero-order valence-corrected chi connectivity index (χ0v) is 13.4. The fourth-order valence-corrected chi connectivity index (χ4v) is 2.64. The van der Waals surface area contributed by atoms with Crippen LogP contribution >= 0.6 is 11.8 Å². The molecule has 1 heterocycles. The Hall–Kier alpha value is -2.33. The SMILES string of the molecule is C=Nc1ccccc1SC/C=C/C=C/c1ccc(NC)nc1. The molecular formula is C18H19N3S. The molecule has 2 rings (SSSR count). The van der Waals surface area contributed by atoms with E-state index in [1.807, 2.05) is 61.8 Å². The van der Waals surface area contributed by atoms with E-state index in [-0.39, 0.29) is 0 Å². The standard InChI is InChI=1S/C18H19N3S/c1-19-16-9-5-6-10-17(16)22-13-7-3-4-8-15-11-12-18(20-2)21-14-15/h3-12,14H,1,13H2,2H3,(H,20,21)/b7-3+,8-4+. The Kier molecular flexibility index (Phi) is 6.45. The quantitative estimate of drug-likeness (QED) is 0.453. The summed E-state index contributed by atoms with van der Waals surface area (Å²) in [7, 11) is 1.86. The summed E-state index contributed by atoms with van der Waals surface area (Å²) in [6.45, 7) is 3.59. The van der Waals surface area contributed by atoms with E-state index in [0.29, 0.717) is 0 Å². The number of anilines is 1. The second kappa shape index (κ2) is 8.85. The van der Waals surface area contributed by atoms with Gasteiger partial charge in [0.25, 0.3) is 0 Å². The molecule has 1 aromatic heterocycles. The Labute approximate surface area is 135 Å². The Morgan fingerprint density at radius 3 is 2.82 bits per heavy atom. The highest BCUT2D eigenvalue weighted by molar-refractivity contribution is 7.99. The van der Waals surface area contributed by atoms with Crippen LogP contribution in [-0.2, 0) is 0 Å². The topological polar surface area (TPSA) is 37.3 Å². The zero-order valence-electron chi connectivity index (χ0n) is 12.6. The van der Waals surface area contributed by atoms with Crippen LogP contribution in [0.2, 0.25) is 0 Å². The maximum absolute atomic E-state index is 4.26. The Bertz CT molecular complexity index is 660. The number of nitrogens with one attached hydrogen (secondary N) is 1. The van der Waals surface area contributed by atoms with Gasteiger partial charge in [-0.05, 0) is 36.5 Å². The number of aliphatic imine (C=N–C) groups is 1. The molecule has 0 unspecified atom stereocenters. The lowest BCUT2D eigenvalue weighted by molar-refractivity contribution is 1.28. The highest BCUT2D eigenvalue weighted by Crippen LogP contribution is 2.28. The molecule has 0 atom stereocenters. The second-order valence-electron chi connectivity index (χ2n) is 4.45. The van der Waals surface area contributed by atoms with Gasteiger partial charge in [0.15, 0.2) is 0 Å². The van der Waals surface area contributed by atoms with Crippen molar-refractivity contribution in [2.45, 2.75) is 4.90 Å². The molecule has 0 saturated carbocycles. The van der Waals surface area contributed by atoms with Gasteiger partial charge in [0.1, 0.15) is 5.82 Å². The molecular weight excluding hydrogens is 290 g/mol. The first-order valence-electron chi connectivity index (χ1n) is 6.99. The minimum atomic E-state index is 0.874. The Balaban J connectivity index is 1.82. The summed E-state index contributed by atoms with van der Waals surface area (Å²) in [5.41, 5.74) is 2.02. The molecule has 0 amide bonds. The van der Waals surface area contributed by atoms with Gasteiger partial charge in [0, 0.05) is 23.9 Å². The molecule has 1 aromatic carbocycles. The van der Waals surface area contributed by atoms with Gasteiger partial charge in [-0.15, -0.1) is 11.8 Å². The molecule has 22 heavy (non-hydrogen) atoms. The van der Waals surface area contributed by atoms with Crippen LogP contribution in [0.15, 0.2) is 70.7 Å². The summed E-state index contributed by atoms with van der Waals surface area (Å²) in [5, 5.41) is 3.00. The maximum atomic E-state index is 4.26. The number of aromatic nitrogens is 1. The molecule has 3 nitrogen and oxygen atoms in total. The second-order valence-corrected chi connectivity index (χ2v) is 5.51. The molecule has 0 saturated heterocycles. The molecule has 2 aromatic rings. The van der Waals surface area contributed by atoms with Crippen molar-refractivity contribution in [1.82, 2.24) is 4.98 Å². The number of pyridine rings is 1. The van der Waals surface area contributed by atoms with Crippen LogP contribution in [0.1, 0.15) is 5.56 Å². The first-order valence-corrected chi connectivity index (χ1v) is 7.97. The zero-order chi connectivity index (χ0) is 15.6. The molecule has 0 aliphatic carbocycles. The highest BCUT2D eigenvalue weighted by Gasteiger charge is 1.97. The third-order valence-corrected chi connectivity index (χ3v) is 3.96. The maximum Gasteiger partial charge on any atom is 0.125 e. The predicted molar refractivity (Wildman–Crippen MR) is 98.3 cm³/mol. The summed E-state index contributed by atoms with van der Waals surface area (Å²) < 4.78 is 0. The smallest absolute Gasteiger partial charge is 0.125 e. The van der Waals surface area contributed by atoms with Crippen molar-refractivity contribution in [1.29, 1.82) is 0 Å². The molecule has 0 fully saturated rings. The molecule has 4 heteroatoms. The summed E-state index contributed by atoms with van der Waals surface area (Å²) in [6.07, 6.45) is 10.1. The first kappa shape index (κ1) is 16.0. The highest BCUT2D eigenvalue weighted by atomic mass is 32.2. The normalized spacial score (nSPS) is 11.1. The van der Waals surface area contributed by atoms with E-state index in [4.69, 9.17) is 0 Å². The third-order valence-electron chi connectivity index (χ3n) is 2.95. The van der Waals surface area contributed by atoms with E-state index >= 15 is 0 Å². The van der Waals surface area contributed by atoms with Crippen molar-refractivity contribution in [2.24, 2.45) is 4.99 Å². The van der Waals surface area contributed by atoms with Gasteiger partial charge in [-0.1, -0.05) is 36.4 Å². The lowest BCUT2D eigenvalue weighted by atomic mass is 10.2. The molecule has 0 bridgehead atoms. The van der Waals surface area contributed by atoms with Crippen molar-refractivity contribution in [3.63, 3.8) is 0 Å². The van der Waals surface area contributed by atoms with E-state index in [2.05, 4.69) is 34.2 Å². The predicted octanol–water partition coefficient (Wildman–Crippen LogP) is 4.82. The molecule has 1 N–H and O–H groups in total. The van der Waals surface area contributed by atoms with Gasteiger partial charge < -0.3 is 5.32 Å². The van der Waals surface area contributed by atoms with Crippen LogP contribution in [0.4, 0.5) is 11.5 Å². The molecule has 0 spiro atoms. The number of rotatable bonds is 7.